The summed E-state index contributed by atoms with van der Waals surface area (Å²) >= 11 is 0. The number of carbonyl (C=O) groups is 1. The zero-order valence-electron chi connectivity index (χ0n) is 23.7. The second-order valence-corrected chi connectivity index (χ2v) is 11.5. The maximum absolute atomic E-state index is 12.9. The fourth-order valence-electron chi connectivity index (χ4n) is 4.56. The number of nitrogens with one attached hydrogen (secondary N) is 2. The summed E-state index contributed by atoms with van der Waals surface area (Å²) in [4.78, 5) is 28.6. The van der Waals surface area contributed by atoms with Crippen molar-refractivity contribution in [3.05, 3.63) is 72.4 Å². The predicted octanol–water partition coefficient (Wildman–Crippen LogP) is 4.30. The molecule has 0 atom stereocenters. The van der Waals surface area contributed by atoms with Crippen LogP contribution in [0.25, 0.3) is 11.3 Å². The standard InChI is InChI=1S/C29H33N7O5S/c1-4-36(5-2)42(38,39)27-9-8-26(41-27)28(37)32-22-7-6-20(3)25(17-22)34-29-31-11-10-24(33-29)21-16-23(19-30-18-21)35-12-14-40-15-13-35/h6-11,16-19H,4-5,12-15H2,1-3H3,(H,32,37)(H,31,33,34). The first-order valence-corrected chi connectivity index (χ1v) is 15.1. The number of sulfonamides is 1. The highest BCUT2D eigenvalue weighted by molar-refractivity contribution is 7.89. The number of pyridine rings is 1. The molecule has 4 aromatic rings. The summed E-state index contributed by atoms with van der Waals surface area (Å²) in [6, 6.07) is 11.9. The number of aromatic nitrogens is 3. The number of aryl methyl sites for hydroxylation is 1. The van der Waals surface area contributed by atoms with Crippen molar-refractivity contribution in [2.24, 2.45) is 0 Å². The molecule has 1 aromatic carbocycles. The molecule has 0 radical (unpaired) electrons. The van der Waals surface area contributed by atoms with Crippen LogP contribution in [-0.4, -0.2) is 73.0 Å². The highest BCUT2D eigenvalue weighted by Crippen LogP contribution is 2.27. The lowest BCUT2D eigenvalue weighted by Gasteiger charge is -2.28. The molecular weight excluding hydrogens is 558 g/mol. The number of hydrogen-bond donors (Lipinski definition) is 2. The molecule has 1 aliphatic rings. The normalized spacial score (nSPS) is 13.8. The molecule has 220 valence electrons. The molecule has 2 N–H and O–H groups in total. The van der Waals surface area contributed by atoms with E-state index in [0.717, 1.165) is 29.9 Å². The third-order valence-electron chi connectivity index (χ3n) is 6.90. The second-order valence-electron chi connectivity index (χ2n) is 9.61. The van der Waals surface area contributed by atoms with Gasteiger partial charge >= 0.3 is 0 Å². The maximum atomic E-state index is 12.9. The highest BCUT2D eigenvalue weighted by Gasteiger charge is 2.26. The topological polar surface area (TPSA) is 143 Å². The van der Waals surface area contributed by atoms with Crippen LogP contribution in [0, 0.1) is 6.92 Å². The molecule has 1 amide bonds. The zero-order chi connectivity index (χ0) is 29.7. The molecule has 4 heterocycles. The monoisotopic (exact) mass is 591 g/mol. The van der Waals surface area contributed by atoms with Crippen LogP contribution >= 0.6 is 0 Å². The van der Waals surface area contributed by atoms with E-state index < -0.39 is 15.9 Å². The van der Waals surface area contributed by atoms with E-state index in [-0.39, 0.29) is 10.9 Å². The molecule has 42 heavy (non-hydrogen) atoms. The van der Waals surface area contributed by atoms with Gasteiger partial charge in [-0.3, -0.25) is 9.78 Å². The van der Waals surface area contributed by atoms with Crippen LogP contribution in [0.3, 0.4) is 0 Å². The van der Waals surface area contributed by atoms with E-state index in [0.29, 0.717) is 49.3 Å². The first-order valence-electron chi connectivity index (χ1n) is 13.7. The summed E-state index contributed by atoms with van der Waals surface area (Å²) in [5, 5.41) is 5.73. The number of hydrogen-bond acceptors (Lipinski definition) is 10. The SMILES string of the molecule is CCN(CC)S(=O)(=O)c1ccc(C(=O)Nc2ccc(C)c(Nc3nccc(-c4cncc(N5CCOCC5)c4)n3)c2)o1. The van der Waals surface area contributed by atoms with E-state index in [1.54, 1.807) is 38.4 Å². The second kappa shape index (κ2) is 12.7. The van der Waals surface area contributed by atoms with Crippen molar-refractivity contribution in [2.45, 2.75) is 25.9 Å². The number of amides is 1. The Kier molecular flexibility index (Phi) is 8.80. The van der Waals surface area contributed by atoms with Gasteiger partial charge in [-0.2, -0.15) is 4.31 Å². The van der Waals surface area contributed by atoms with Crippen LogP contribution in [0.1, 0.15) is 30.0 Å². The van der Waals surface area contributed by atoms with Crippen molar-refractivity contribution in [1.29, 1.82) is 0 Å². The van der Waals surface area contributed by atoms with Crippen LogP contribution in [-0.2, 0) is 14.8 Å². The number of benzene rings is 1. The van der Waals surface area contributed by atoms with Crippen molar-refractivity contribution >= 4 is 38.9 Å². The van der Waals surface area contributed by atoms with Gasteiger partial charge in [0.05, 0.1) is 30.8 Å². The molecule has 1 saturated heterocycles. The van der Waals surface area contributed by atoms with Gasteiger partial charge in [0.25, 0.3) is 15.9 Å². The Morgan fingerprint density at radius 1 is 1.05 bits per heavy atom. The number of furan rings is 1. The highest BCUT2D eigenvalue weighted by atomic mass is 32.2. The van der Waals surface area contributed by atoms with Crippen LogP contribution in [0.15, 0.2) is 70.6 Å². The number of anilines is 4. The van der Waals surface area contributed by atoms with Crippen molar-refractivity contribution in [1.82, 2.24) is 19.3 Å². The molecule has 1 fully saturated rings. The number of rotatable bonds is 10. The Morgan fingerprint density at radius 3 is 2.60 bits per heavy atom. The summed E-state index contributed by atoms with van der Waals surface area (Å²) in [6.07, 6.45) is 5.28. The largest absolute Gasteiger partial charge is 0.438 e. The minimum absolute atomic E-state index is 0.111. The quantitative estimate of drug-likeness (QED) is 0.274. The van der Waals surface area contributed by atoms with Gasteiger partial charge in [0.1, 0.15) is 0 Å². The lowest BCUT2D eigenvalue weighted by molar-refractivity contribution is 0.0991. The fraction of sp³-hybridized carbons (Fsp3) is 0.310. The minimum Gasteiger partial charge on any atom is -0.438 e. The molecule has 13 heteroatoms. The van der Waals surface area contributed by atoms with Gasteiger partial charge < -0.3 is 24.7 Å². The van der Waals surface area contributed by atoms with Gasteiger partial charge in [0, 0.05) is 55.5 Å². The third-order valence-corrected chi connectivity index (χ3v) is 8.82. The minimum atomic E-state index is -3.81. The van der Waals surface area contributed by atoms with E-state index in [9.17, 15) is 13.2 Å². The van der Waals surface area contributed by atoms with Gasteiger partial charge in [-0.15, -0.1) is 0 Å². The Bertz CT molecular complexity index is 1660. The van der Waals surface area contributed by atoms with Gasteiger partial charge in [0.15, 0.2) is 5.76 Å². The number of nitrogens with zero attached hydrogens (tertiary/aromatic N) is 5. The molecule has 0 unspecified atom stereocenters. The molecule has 0 saturated carbocycles. The molecule has 0 aliphatic carbocycles. The summed E-state index contributed by atoms with van der Waals surface area (Å²) in [5.41, 5.74) is 4.67. The lowest BCUT2D eigenvalue weighted by Crippen LogP contribution is -2.36. The number of carbonyl (C=O) groups excluding carboxylic acids is 1. The van der Waals surface area contributed by atoms with Crippen molar-refractivity contribution in [3.8, 4) is 11.3 Å². The summed E-state index contributed by atoms with van der Waals surface area (Å²) in [7, 11) is -3.81. The fourth-order valence-corrected chi connectivity index (χ4v) is 5.93. The molecule has 3 aromatic heterocycles. The van der Waals surface area contributed by atoms with Crippen molar-refractivity contribution in [3.63, 3.8) is 0 Å². The van der Waals surface area contributed by atoms with Crippen LogP contribution in [0.5, 0.6) is 0 Å². The van der Waals surface area contributed by atoms with Crippen LogP contribution in [0.4, 0.5) is 23.0 Å². The number of morpholine rings is 1. The summed E-state index contributed by atoms with van der Waals surface area (Å²) in [6.45, 7) is 8.98. The number of ether oxygens (including phenoxy) is 1. The average Bonchev–Trinajstić information content (AvgIpc) is 3.52. The van der Waals surface area contributed by atoms with Crippen LogP contribution in [0.2, 0.25) is 0 Å². The molecule has 1 aliphatic heterocycles. The Balaban J connectivity index is 1.31. The van der Waals surface area contributed by atoms with Crippen molar-refractivity contribution in [2.75, 3.05) is 54.9 Å². The van der Waals surface area contributed by atoms with E-state index in [1.165, 1.54) is 16.4 Å². The first kappa shape index (κ1) is 29.2. The third kappa shape index (κ3) is 6.43. The average molecular weight is 592 g/mol. The Labute approximate surface area is 244 Å². The maximum Gasteiger partial charge on any atom is 0.291 e. The Hall–Kier alpha value is -4.33. The molecular formula is C29H33N7O5S. The van der Waals surface area contributed by atoms with E-state index in [4.69, 9.17) is 9.15 Å². The van der Waals surface area contributed by atoms with Gasteiger partial charge in [-0.05, 0) is 48.9 Å². The molecule has 0 spiro atoms. The van der Waals surface area contributed by atoms with Gasteiger partial charge in [-0.1, -0.05) is 19.9 Å². The predicted molar refractivity (Wildman–Crippen MR) is 160 cm³/mol. The first-order chi connectivity index (χ1) is 20.3. The van der Waals surface area contributed by atoms with Crippen molar-refractivity contribution < 1.29 is 22.4 Å². The van der Waals surface area contributed by atoms with Crippen LogP contribution < -0.4 is 15.5 Å². The van der Waals surface area contributed by atoms with Gasteiger partial charge in [0.2, 0.25) is 11.0 Å². The van der Waals surface area contributed by atoms with E-state index in [1.807, 2.05) is 25.3 Å². The molecule has 12 nitrogen and oxygen atoms in total. The molecule has 0 bridgehead atoms. The smallest absolute Gasteiger partial charge is 0.291 e. The zero-order valence-corrected chi connectivity index (χ0v) is 24.5. The Morgan fingerprint density at radius 2 is 1.83 bits per heavy atom. The summed E-state index contributed by atoms with van der Waals surface area (Å²) in [5.74, 6) is -0.301. The van der Waals surface area contributed by atoms with E-state index in [2.05, 4.69) is 36.6 Å². The summed E-state index contributed by atoms with van der Waals surface area (Å²) < 4.78 is 37.6. The lowest BCUT2D eigenvalue weighted by atomic mass is 10.1. The molecule has 5 rings (SSSR count). The van der Waals surface area contributed by atoms with E-state index >= 15 is 0 Å². The van der Waals surface area contributed by atoms with Gasteiger partial charge in [-0.25, -0.2) is 18.4 Å².